The van der Waals surface area contributed by atoms with Gasteiger partial charge in [-0.3, -0.25) is 4.79 Å². The van der Waals surface area contributed by atoms with Crippen LogP contribution < -0.4 is 0 Å². The summed E-state index contributed by atoms with van der Waals surface area (Å²) in [6.45, 7) is 2.48. The number of carbonyl (C=O) groups excluding carboxylic acids is 1. The minimum absolute atomic E-state index is 0.0742. The Morgan fingerprint density at radius 3 is 2.59 bits per heavy atom. The largest absolute Gasteiger partial charge is 0.335 e. The lowest BCUT2D eigenvalue weighted by Gasteiger charge is -2.40. The summed E-state index contributed by atoms with van der Waals surface area (Å²) in [5.41, 5.74) is -0.273. The molecule has 2 unspecified atom stereocenters. The molecule has 1 aromatic carbocycles. The molecule has 0 N–H and O–H groups in total. The van der Waals surface area contributed by atoms with E-state index in [1.54, 1.807) is 4.90 Å². The van der Waals surface area contributed by atoms with Crippen LogP contribution in [0.3, 0.4) is 0 Å². The van der Waals surface area contributed by atoms with Gasteiger partial charge in [0.25, 0.3) is 12.3 Å². The van der Waals surface area contributed by atoms with Crippen molar-refractivity contribution >= 4 is 5.91 Å². The molecule has 27 heavy (non-hydrogen) atoms. The van der Waals surface area contributed by atoms with E-state index in [4.69, 9.17) is 0 Å². The number of likely N-dealkylation sites (tertiary alicyclic amines) is 1. The molecular formula is C20H24F3N3O. The molecule has 0 bridgehead atoms. The molecule has 7 heteroatoms. The molecule has 1 saturated heterocycles. The third-order valence-corrected chi connectivity index (χ3v) is 5.37. The topological polar surface area (TPSA) is 38.1 Å². The van der Waals surface area contributed by atoms with Gasteiger partial charge in [0.1, 0.15) is 11.3 Å². The van der Waals surface area contributed by atoms with Gasteiger partial charge in [0.15, 0.2) is 0 Å². The summed E-state index contributed by atoms with van der Waals surface area (Å²) in [5.74, 6) is -1.62. The monoisotopic (exact) mass is 379 g/mol. The Labute approximate surface area is 157 Å². The molecule has 1 amide bonds. The SMILES string of the molecule is CCC(c1ccccc1)C1CCCCN1C(=O)c1c(C(F)F)nn(C)c1F. The highest BCUT2D eigenvalue weighted by Gasteiger charge is 2.38. The molecule has 2 heterocycles. The van der Waals surface area contributed by atoms with Crippen LogP contribution in [0.25, 0.3) is 0 Å². The molecule has 1 aliphatic heterocycles. The number of nitrogens with zero attached hydrogens (tertiary/aromatic N) is 3. The van der Waals surface area contributed by atoms with Gasteiger partial charge in [-0.2, -0.15) is 9.49 Å². The van der Waals surface area contributed by atoms with E-state index in [1.165, 1.54) is 7.05 Å². The number of amides is 1. The molecule has 3 rings (SSSR count). The number of hydrogen-bond donors (Lipinski definition) is 0. The fourth-order valence-corrected chi connectivity index (χ4v) is 4.08. The first-order valence-electron chi connectivity index (χ1n) is 9.32. The third kappa shape index (κ3) is 3.73. The minimum Gasteiger partial charge on any atom is -0.335 e. The molecule has 146 valence electrons. The van der Waals surface area contributed by atoms with Gasteiger partial charge in [0.05, 0.1) is 0 Å². The third-order valence-electron chi connectivity index (χ3n) is 5.37. The van der Waals surface area contributed by atoms with Crippen molar-refractivity contribution in [2.75, 3.05) is 6.54 Å². The smallest absolute Gasteiger partial charge is 0.283 e. The molecule has 0 spiro atoms. The van der Waals surface area contributed by atoms with E-state index in [9.17, 15) is 18.0 Å². The lowest BCUT2D eigenvalue weighted by atomic mass is 9.83. The van der Waals surface area contributed by atoms with E-state index < -0.39 is 29.5 Å². The van der Waals surface area contributed by atoms with Crippen molar-refractivity contribution in [1.82, 2.24) is 14.7 Å². The van der Waals surface area contributed by atoms with Crippen LogP contribution in [0.4, 0.5) is 13.2 Å². The number of benzene rings is 1. The number of halogens is 3. The first kappa shape index (κ1) is 19.5. The zero-order valence-electron chi connectivity index (χ0n) is 15.5. The first-order chi connectivity index (χ1) is 13.0. The van der Waals surface area contributed by atoms with Gasteiger partial charge in [0, 0.05) is 25.6 Å². The van der Waals surface area contributed by atoms with Crippen LogP contribution >= 0.6 is 0 Å². The lowest BCUT2D eigenvalue weighted by Crippen LogP contribution is -2.47. The van der Waals surface area contributed by atoms with Gasteiger partial charge in [-0.25, -0.2) is 13.5 Å². The summed E-state index contributed by atoms with van der Waals surface area (Å²) in [4.78, 5) is 14.7. The Morgan fingerprint density at radius 2 is 1.96 bits per heavy atom. The number of aromatic nitrogens is 2. The quantitative estimate of drug-likeness (QED) is 0.756. The van der Waals surface area contributed by atoms with Crippen molar-refractivity contribution in [2.45, 2.75) is 51.0 Å². The van der Waals surface area contributed by atoms with Crippen molar-refractivity contribution in [3.63, 3.8) is 0 Å². The lowest BCUT2D eigenvalue weighted by molar-refractivity contribution is 0.0554. The van der Waals surface area contributed by atoms with Gasteiger partial charge in [-0.1, -0.05) is 37.3 Å². The summed E-state index contributed by atoms with van der Waals surface area (Å²) < 4.78 is 41.8. The maximum atomic E-state index is 14.4. The highest BCUT2D eigenvalue weighted by molar-refractivity contribution is 5.95. The maximum Gasteiger partial charge on any atom is 0.283 e. The molecule has 4 nitrogen and oxygen atoms in total. The van der Waals surface area contributed by atoms with Crippen LogP contribution in [0.2, 0.25) is 0 Å². The van der Waals surface area contributed by atoms with Crippen LogP contribution in [0.15, 0.2) is 30.3 Å². The molecule has 1 aromatic heterocycles. The minimum atomic E-state index is -3.00. The molecule has 0 radical (unpaired) electrons. The van der Waals surface area contributed by atoms with Crippen molar-refractivity contribution in [3.8, 4) is 0 Å². The Kier molecular flexibility index (Phi) is 5.87. The standard InChI is InChI=1S/C20H24F3N3O/c1-3-14(13-9-5-4-6-10-13)15-11-7-8-12-26(15)20(27)16-17(18(21)22)24-25(2)19(16)23/h4-6,9-10,14-15,18H,3,7-8,11-12H2,1-2H3. The second-order valence-electron chi connectivity index (χ2n) is 6.96. The predicted molar refractivity (Wildman–Crippen MR) is 96.3 cm³/mol. The Hall–Kier alpha value is -2.31. The van der Waals surface area contributed by atoms with Gasteiger partial charge in [-0.15, -0.1) is 0 Å². The van der Waals surface area contributed by atoms with E-state index in [0.29, 0.717) is 11.2 Å². The van der Waals surface area contributed by atoms with Crippen LogP contribution in [-0.2, 0) is 7.05 Å². The van der Waals surface area contributed by atoms with Gasteiger partial charge in [-0.05, 0) is 31.2 Å². The van der Waals surface area contributed by atoms with E-state index in [2.05, 4.69) is 5.10 Å². The van der Waals surface area contributed by atoms with Crippen molar-refractivity contribution in [3.05, 3.63) is 53.1 Å². The summed E-state index contributed by atoms with van der Waals surface area (Å²) in [6, 6.07) is 9.70. The Balaban J connectivity index is 1.97. The summed E-state index contributed by atoms with van der Waals surface area (Å²) in [6.07, 6.45) is 0.300. The zero-order chi connectivity index (χ0) is 19.6. The predicted octanol–water partition coefficient (Wildman–Crippen LogP) is 4.69. The van der Waals surface area contributed by atoms with Crippen LogP contribution in [-0.4, -0.2) is 33.2 Å². The highest BCUT2D eigenvalue weighted by Crippen LogP contribution is 2.35. The number of piperidine rings is 1. The summed E-state index contributed by atoms with van der Waals surface area (Å²) in [7, 11) is 1.23. The first-order valence-corrected chi connectivity index (χ1v) is 9.32. The van der Waals surface area contributed by atoms with Crippen LogP contribution in [0.1, 0.15) is 66.6 Å². The highest BCUT2D eigenvalue weighted by atomic mass is 19.3. The normalized spacial score (nSPS) is 18.7. The molecule has 2 aromatic rings. The number of rotatable bonds is 5. The average molecular weight is 379 g/mol. The van der Waals surface area contributed by atoms with Crippen LogP contribution in [0, 0.1) is 5.95 Å². The second-order valence-corrected chi connectivity index (χ2v) is 6.96. The number of hydrogen-bond acceptors (Lipinski definition) is 2. The van der Waals surface area contributed by atoms with Gasteiger partial charge < -0.3 is 4.90 Å². The fourth-order valence-electron chi connectivity index (χ4n) is 4.08. The van der Waals surface area contributed by atoms with Crippen molar-refractivity contribution in [1.29, 1.82) is 0 Å². The molecule has 0 aliphatic carbocycles. The Bertz CT molecular complexity index is 791. The van der Waals surface area contributed by atoms with E-state index in [1.807, 2.05) is 37.3 Å². The molecule has 1 aliphatic rings. The van der Waals surface area contributed by atoms with Gasteiger partial charge >= 0.3 is 0 Å². The van der Waals surface area contributed by atoms with Crippen molar-refractivity contribution in [2.24, 2.45) is 7.05 Å². The number of carbonyl (C=O) groups is 1. The molecular weight excluding hydrogens is 355 g/mol. The average Bonchev–Trinajstić information content (AvgIpc) is 2.98. The summed E-state index contributed by atoms with van der Waals surface area (Å²) in [5, 5.41) is 3.52. The summed E-state index contributed by atoms with van der Waals surface area (Å²) >= 11 is 0. The maximum absolute atomic E-state index is 14.4. The van der Waals surface area contributed by atoms with E-state index in [0.717, 1.165) is 31.2 Å². The van der Waals surface area contributed by atoms with E-state index >= 15 is 0 Å². The molecule has 2 atom stereocenters. The second kappa shape index (κ2) is 8.15. The fraction of sp³-hybridized carbons (Fsp3) is 0.500. The number of alkyl halides is 2. The molecule has 0 saturated carbocycles. The number of aryl methyl sites for hydroxylation is 1. The molecule has 1 fully saturated rings. The van der Waals surface area contributed by atoms with Crippen molar-refractivity contribution < 1.29 is 18.0 Å². The zero-order valence-corrected chi connectivity index (χ0v) is 15.5. The Morgan fingerprint density at radius 1 is 1.26 bits per heavy atom. The van der Waals surface area contributed by atoms with E-state index in [-0.39, 0.29) is 12.0 Å². The van der Waals surface area contributed by atoms with Crippen LogP contribution in [0.5, 0.6) is 0 Å². The van der Waals surface area contributed by atoms with Gasteiger partial charge in [0.2, 0.25) is 5.95 Å².